The lowest BCUT2D eigenvalue weighted by atomic mass is 9.97. The van der Waals surface area contributed by atoms with E-state index >= 15 is 0 Å². The van der Waals surface area contributed by atoms with Crippen molar-refractivity contribution in [3.63, 3.8) is 0 Å². The molecule has 1 amide bonds. The molecule has 1 rings (SSSR count). The highest BCUT2D eigenvalue weighted by atomic mass is 79.9. The number of halogens is 1. The van der Waals surface area contributed by atoms with Gasteiger partial charge in [-0.2, -0.15) is 0 Å². The van der Waals surface area contributed by atoms with E-state index < -0.39 is 0 Å². The highest BCUT2D eigenvalue weighted by Gasteiger charge is 2.16. The van der Waals surface area contributed by atoms with E-state index in [-0.39, 0.29) is 11.8 Å². The summed E-state index contributed by atoms with van der Waals surface area (Å²) in [5.74, 6) is 0.228. The van der Waals surface area contributed by atoms with Crippen LogP contribution in [0.15, 0.2) is 22.9 Å². The summed E-state index contributed by atoms with van der Waals surface area (Å²) >= 11 is 3.27. The zero-order valence-corrected chi connectivity index (χ0v) is 12.0. The maximum absolute atomic E-state index is 12.0. The Morgan fingerprint density at radius 3 is 2.47 bits per heavy atom. The number of amides is 1. The summed E-state index contributed by atoms with van der Waals surface area (Å²) in [6, 6.07) is 3.67. The van der Waals surface area contributed by atoms with Crippen molar-refractivity contribution in [2.75, 3.05) is 5.32 Å². The van der Waals surface area contributed by atoms with Crippen LogP contribution in [0.25, 0.3) is 0 Å². The van der Waals surface area contributed by atoms with Crippen LogP contribution in [0.1, 0.15) is 39.5 Å². The number of carbonyl (C=O) groups is 1. The molecular weight excluding hydrogens is 280 g/mol. The average Bonchev–Trinajstić information content (AvgIpc) is 2.32. The Bertz CT molecular complexity index is 345. The van der Waals surface area contributed by atoms with Gasteiger partial charge in [-0.05, 0) is 40.9 Å². The predicted molar refractivity (Wildman–Crippen MR) is 73.9 cm³/mol. The minimum Gasteiger partial charge on any atom is -0.324 e. The number of pyridine rings is 1. The fraction of sp³-hybridized carbons (Fsp3) is 0.538. The monoisotopic (exact) mass is 298 g/mol. The molecule has 1 N–H and O–H groups in total. The number of anilines is 1. The van der Waals surface area contributed by atoms with E-state index in [9.17, 15) is 4.79 Å². The largest absolute Gasteiger partial charge is 0.324 e. The number of hydrogen-bond donors (Lipinski definition) is 1. The molecule has 0 saturated carbocycles. The summed E-state index contributed by atoms with van der Waals surface area (Å²) in [6.45, 7) is 4.22. The second kappa shape index (κ2) is 7.43. The molecule has 1 aromatic heterocycles. The number of aromatic nitrogens is 1. The summed E-state index contributed by atoms with van der Waals surface area (Å²) in [6.07, 6.45) is 5.64. The van der Waals surface area contributed by atoms with Gasteiger partial charge in [0, 0.05) is 5.92 Å². The smallest absolute Gasteiger partial charge is 0.227 e. The van der Waals surface area contributed by atoms with Crippen LogP contribution in [0.3, 0.4) is 0 Å². The lowest BCUT2D eigenvalue weighted by Crippen LogP contribution is -2.22. The average molecular weight is 299 g/mol. The van der Waals surface area contributed by atoms with Crippen molar-refractivity contribution in [1.29, 1.82) is 0 Å². The molecule has 0 aliphatic carbocycles. The quantitative estimate of drug-likeness (QED) is 0.807. The van der Waals surface area contributed by atoms with Gasteiger partial charge in [0.25, 0.3) is 0 Å². The fourth-order valence-electron chi connectivity index (χ4n) is 1.80. The molecule has 0 atom stereocenters. The summed E-state index contributed by atoms with van der Waals surface area (Å²) in [7, 11) is 0. The third kappa shape index (κ3) is 4.86. The molecule has 0 spiro atoms. The number of rotatable bonds is 6. The molecule has 0 saturated heterocycles. The number of nitrogens with one attached hydrogen (secondary N) is 1. The van der Waals surface area contributed by atoms with Gasteiger partial charge in [0.1, 0.15) is 4.60 Å². The number of carbonyl (C=O) groups excluding carboxylic acids is 1. The second-order valence-electron chi connectivity index (χ2n) is 4.13. The van der Waals surface area contributed by atoms with Gasteiger partial charge in [0.2, 0.25) is 5.91 Å². The maximum Gasteiger partial charge on any atom is 0.227 e. The van der Waals surface area contributed by atoms with Crippen LogP contribution in [0, 0.1) is 5.92 Å². The van der Waals surface area contributed by atoms with Gasteiger partial charge in [-0.1, -0.05) is 26.7 Å². The lowest BCUT2D eigenvalue weighted by molar-refractivity contribution is -0.120. The zero-order chi connectivity index (χ0) is 12.7. The Balaban J connectivity index is 2.59. The van der Waals surface area contributed by atoms with Gasteiger partial charge in [-0.3, -0.25) is 4.79 Å². The Morgan fingerprint density at radius 2 is 2.00 bits per heavy atom. The van der Waals surface area contributed by atoms with Crippen LogP contribution < -0.4 is 5.32 Å². The molecule has 1 heterocycles. The van der Waals surface area contributed by atoms with E-state index in [1.807, 2.05) is 12.1 Å². The van der Waals surface area contributed by atoms with E-state index in [2.05, 4.69) is 40.1 Å². The number of nitrogens with zero attached hydrogens (tertiary/aromatic N) is 1. The van der Waals surface area contributed by atoms with Crippen molar-refractivity contribution in [1.82, 2.24) is 4.98 Å². The molecule has 0 fully saturated rings. The molecule has 0 bridgehead atoms. The summed E-state index contributed by atoms with van der Waals surface area (Å²) in [5, 5.41) is 2.92. The Morgan fingerprint density at radius 1 is 1.35 bits per heavy atom. The fourth-order valence-corrected chi connectivity index (χ4v) is 2.03. The molecule has 1 aromatic rings. The minimum absolute atomic E-state index is 0.109. The molecule has 3 nitrogen and oxygen atoms in total. The molecule has 94 valence electrons. The van der Waals surface area contributed by atoms with Gasteiger partial charge < -0.3 is 5.32 Å². The van der Waals surface area contributed by atoms with Crippen LogP contribution >= 0.6 is 15.9 Å². The van der Waals surface area contributed by atoms with Gasteiger partial charge in [0.05, 0.1) is 11.9 Å². The molecule has 4 heteroatoms. The third-order valence-corrected chi connectivity index (χ3v) is 3.11. The van der Waals surface area contributed by atoms with Crippen molar-refractivity contribution in [3.05, 3.63) is 22.9 Å². The molecule has 0 radical (unpaired) electrons. The molecule has 17 heavy (non-hydrogen) atoms. The van der Waals surface area contributed by atoms with Gasteiger partial charge >= 0.3 is 0 Å². The van der Waals surface area contributed by atoms with Crippen molar-refractivity contribution < 1.29 is 4.79 Å². The van der Waals surface area contributed by atoms with Crippen LogP contribution in [0.4, 0.5) is 5.69 Å². The SMILES string of the molecule is CCCC(CCC)C(=O)Nc1ccc(Br)nc1. The van der Waals surface area contributed by atoms with Crippen LogP contribution in [-0.2, 0) is 4.79 Å². The zero-order valence-electron chi connectivity index (χ0n) is 10.4. The second-order valence-corrected chi connectivity index (χ2v) is 4.95. The topological polar surface area (TPSA) is 42.0 Å². The first-order valence-electron chi connectivity index (χ1n) is 6.09. The first-order chi connectivity index (χ1) is 8.17. The first-order valence-corrected chi connectivity index (χ1v) is 6.89. The lowest BCUT2D eigenvalue weighted by Gasteiger charge is -2.14. The molecule has 0 aliphatic heterocycles. The maximum atomic E-state index is 12.0. The molecule has 0 unspecified atom stereocenters. The standard InChI is InChI=1S/C13H19BrN2O/c1-3-5-10(6-4-2)13(17)16-11-7-8-12(14)15-9-11/h7-10H,3-6H2,1-2H3,(H,16,17). The van der Waals surface area contributed by atoms with E-state index in [4.69, 9.17) is 0 Å². The van der Waals surface area contributed by atoms with Crippen LogP contribution in [0.5, 0.6) is 0 Å². The van der Waals surface area contributed by atoms with Crippen LogP contribution in [0.2, 0.25) is 0 Å². The highest BCUT2D eigenvalue weighted by Crippen LogP contribution is 2.17. The number of hydrogen-bond acceptors (Lipinski definition) is 2. The van der Waals surface area contributed by atoms with Crippen molar-refractivity contribution in [3.8, 4) is 0 Å². The van der Waals surface area contributed by atoms with Crippen molar-refractivity contribution in [2.24, 2.45) is 5.92 Å². The van der Waals surface area contributed by atoms with E-state index in [0.717, 1.165) is 36.0 Å². The predicted octanol–water partition coefficient (Wildman–Crippen LogP) is 4.00. The summed E-state index contributed by atoms with van der Waals surface area (Å²) < 4.78 is 0.772. The molecule has 0 aromatic carbocycles. The van der Waals surface area contributed by atoms with E-state index in [1.165, 1.54) is 0 Å². The Hall–Kier alpha value is -0.900. The molecule has 0 aliphatic rings. The Kier molecular flexibility index (Phi) is 6.19. The summed E-state index contributed by atoms with van der Waals surface area (Å²) in [5.41, 5.74) is 0.760. The van der Waals surface area contributed by atoms with Crippen molar-refractivity contribution in [2.45, 2.75) is 39.5 Å². The van der Waals surface area contributed by atoms with Crippen LogP contribution in [-0.4, -0.2) is 10.9 Å². The van der Waals surface area contributed by atoms with Gasteiger partial charge in [0.15, 0.2) is 0 Å². The van der Waals surface area contributed by atoms with Crippen molar-refractivity contribution >= 4 is 27.5 Å². The third-order valence-electron chi connectivity index (χ3n) is 2.64. The first kappa shape index (κ1) is 14.2. The van der Waals surface area contributed by atoms with E-state index in [1.54, 1.807) is 6.20 Å². The van der Waals surface area contributed by atoms with E-state index in [0.29, 0.717) is 0 Å². The summed E-state index contributed by atoms with van der Waals surface area (Å²) in [4.78, 5) is 16.1. The molecular formula is C13H19BrN2O. The highest BCUT2D eigenvalue weighted by molar-refractivity contribution is 9.10. The minimum atomic E-state index is 0.109. The normalized spacial score (nSPS) is 10.6. The van der Waals surface area contributed by atoms with Gasteiger partial charge in [-0.15, -0.1) is 0 Å². The Labute approximate surface area is 111 Å². The van der Waals surface area contributed by atoms with Gasteiger partial charge in [-0.25, -0.2) is 4.98 Å².